The zero-order valence-electron chi connectivity index (χ0n) is 28.5. The van der Waals surface area contributed by atoms with Gasteiger partial charge in [-0.25, -0.2) is 0 Å². The number of hydrogen-bond acceptors (Lipinski definition) is 1. The van der Waals surface area contributed by atoms with Crippen LogP contribution in [0.3, 0.4) is 0 Å². The number of alkyl halides is 1. The van der Waals surface area contributed by atoms with Crippen LogP contribution in [0.2, 0.25) is 0 Å². The van der Waals surface area contributed by atoms with Crippen molar-refractivity contribution in [1.82, 2.24) is 3.26 Å². The first-order valence-corrected chi connectivity index (χ1v) is 31.1. The molecule has 9 rings (SSSR count). The Hall–Kier alpha value is -2.32. The largest absolute Gasteiger partial charge is 0.0622 e. The summed E-state index contributed by atoms with van der Waals surface area (Å²) in [6, 6.07) is 43.7. The minimum Gasteiger partial charge on any atom is -0.0622 e. The van der Waals surface area contributed by atoms with Crippen molar-refractivity contribution in [2.24, 2.45) is 17.8 Å². The third-order valence-electron chi connectivity index (χ3n) is 11.8. The zero-order chi connectivity index (χ0) is 32.6. The summed E-state index contributed by atoms with van der Waals surface area (Å²) in [5, 5.41) is 0. The van der Waals surface area contributed by atoms with Crippen LogP contribution in [-0.2, 0) is 19.5 Å². The summed E-state index contributed by atoms with van der Waals surface area (Å²) in [5.41, 5.74) is 6.32. The van der Waals surface area contributed by atoms with E-state index >= 15 is 4.39 Å². The van der Waals surface area contributed by atoms with Crippen molar-refractivity contribution in [3.63, 3.8) is 0 Å². The van der Waals surface area contributed by atoms with Gasteiger partial charge < -0.3 is 0 Å². The van der Waals surface area contributed by atoms with E-state index in [1.807, 2.05) is 12.1 Å². The van der Waals surface area contributed by atoms with Crippen LogP contribution >= 0.6 is 0 Å². The maximum absolute atomic E-state index is 16.1. The summed E-state index contributed by atoms with van der Waals surface area (Å²) < 4.78 is 25.7. The van der Waals surface area contributed by atoms with Gasteiger partial charge in [0.2, 0.25) is 0 Å². The Labute approximate surface area is 292 Å². The van der Waals surface area contributed by atoms with Crippen LogP contribution < -0.4 is 12.1 Å². The van der Waals surface area contributed by atoms with Crippen molar-refractivity contribution in [1.29, 1.82) is 0 Å². The fourth-order valence-corrected chi connectivity index (χ4v) is 49.9. The summed E-state index contributed by atoms with van der Waals surface area (Å²) in [6.07, 6.45) is 6.11. The van der Waals surface area contributed by atoms with Crippen LogP contribution in [0.25, 0.3) is 11.1 Å². The molecule has 47 heavy (non-hydrogen) atoms. The average molecular weight is 763 g/mol. The molecule has 0 saturated heterocycles. The summed E-state index contributed by atoms with van der Waals surface area (Å²) in [7, 11) is -2.19. The minimum absolute atomic E-state index is 0.0397. The van der Waals surface area contributed by atoms with Crippen LogP contribution in [0.15, 0.2) is 141 Å². The second-order valence-corrected chi connectivity index (χ2v) is 38.1. The molecule has 4 aromatic rings. The Kier molecular flexibility index (Phi) is 9.81. The number of hydrogen-bond donors (Lipinski definition) is 1. The van der Waals surface area contributed by atoms with Gasteiger partial charge in [-0.1, -0.05) is 60.7 Å². The van der Waals surface area contributed by atoms with E-state index in [0.29, 0.717) is 17.8 Å². The number of rotatable bonds is 7. The van der Waals surface area contributed by atoms with E-state index in [2.05, 4.69) is 140 Å². The topological polar surface area (TPSA) is 12.0 Å². The van der Waals surface area contributed by atoms with Crippen molar-refractivity contribution in [2.45, 2.75) is 77.4 Å². The fourth-order valence-electron chi connectivity index (χ4n) is 9.75. The second-order valence-electron chi connectivity index (χ2n) is 15.0. The Bertz CT molecular complexity index is 1650. The van der Waals surface area contributed by atoms with E-state index in [-0.39, 0.29) is 5.54 Å². The fraction of sp³-hybridized carbons (Fsp3) is 0.349. The molecule has 4 fully saturated rings. The molecule has 5 aliphatic carbocycles. The van der Waals surface area contributed by atoms with Crippen LogP contribution in [0.1, 0.15) is 66.2 Å². The van der Waals surface area contributed by atoms with Crippen molar-refractivity contribution in [2.75, 3.05) is 0 Å². The molecule has 0 aromatic heterocycles. The van der Waals surface area contributed by atoms with Gasteiger partial charge in [0.25, 0.3) is 0 Å². The van der Waals surface area contributed by atoms with E-state index < -0.39 is 35.8 Å². The number of allylic oxidation sites excluding steroid dienone is 4. The molecule has 0 radical (unpaired) electrons. The molecule has 3 atom stereocenters. The van der Waals surface area contributed by atoms with E-state index in [0.717, 1.165) is 19.3 Å². The smallest absolute Gasteiger partial charge is 0.0184 e. The average Bonchev–Trinajstić information content (AvgIpc) is 3.27. The van der Waals surface area contributed by atoms with Crippen LogP contribution in [0.4, 0.5) is 4.39 Å². The molecule has 5 aliphatic rings. The summed E-state index contributed by atoms with van der Waals surface area (Å²) in [5.74, 6) is 1.72. The summed E-state index contributed by atoms with van der Waals surface area (Å²) in [6.45, 7) is 9.54. The standard InChI is InChI=1S/C12H11Ge.C12H10.C10H15FN.C9H13.Zr/c1-3-7-11(8-4-1)13-12-9-5-2-6-10-12;1-3-7-11(8-4-1)12-9-5-2-6-10-12;11-9-2-7-1-8(3-9)5-10(12,4-7)6-9;1-6-5-7(2)9(4)8(6)3;/h1-10,13H;1-10H;7-8,12H,1-6H2;6H,1-4H3;/q;;-1;;+1. The quantitative estimate of drug-likeness (QED) is 0.185. The van der Waals surface area contributed by atoms with Gasteiger partial charge >= 0.3 is 222 Å². The third kappa shape index (κ3) is 6.92. The molecule has 1 N–H and O–H groups in total. The maximum Gasteiger partial charge on any atom is -0.0184 e. The van der Waals surface area contributed by atoms with E-state index in [9.17, 15) is 0 Å². The van der Waals surface area contributed by atoms with Gasteiger partial charge in [0, 0.05) is 0 Å². The van der Waals surface area contributed by atoms with Crippen molar-refractivity contribution in [3.8, 4) is 11.1 Å². The summed E-state index contributed by atoms with van der Waals surface area (Å²) in [4.78, 5) is 0. The van der Waals surface area contributed by atoms with Gasteiger partial charge in [0.15, 0.2) is 0 Å². The molecule has 0 amide bonds. The van der Waals surface area contributed by atoms with Crippen molar-refractivity contribution >= 4 is 19.4 Å². The van der Waals surface area contributed by atoms with E-state index in [4.69, 9.17) is 0 Å². The Morgan fingerprint density at radius 3 is 1.49 bits per heavy atom. The van der Waals surface area contributed by atoms with Gasteiger partial charge in [-0.2, -0.15) is 0 Å². The van der Waals surface area contributed by atoms with E-state index in [1.165, 1.54) is 36.0 Å². The number of nitrogens with one attached hydrogen (secondary N) is 1. The van der Waals surface area contributed by atoms with E-state index in [1.54, 1.807) is 23.2 Å². The molecule has 241 valence electrons. The number of benzene rings is 4. The Morgan fingerprint density at radius 2 is 1.09 bits per heavy atom. The summed E-state index contributed by atoms with van der Waals surface area (Å²) >= 11 is -2.44. The molecule has 0 spiro atoms. The van der Waals surface area contributed by atoms with Gasteiger partial charge in [-0.15, -0.1) is 0 Å². The van der Waals surface area contributed by atoms with Crippen molar-refractivity contribution in [3.05, 3.63) is 141 Å². The molecule has 0 heterocycles. The first-order valence-electron chi connectivity index (χ1n) is 17.7. The number of halogens is 1. The molecule has 4 saturated carbocycles. The SMILES string of the molecule is CC1=C(C)C(C)[C]([Zr]([NH]C23CC4CC(CC(F)(C4)C2)C3)[GeH]([c]2ccccc2)[c]2ccccc2)=C1C.c1ccc(-c2ccccc2)cc1. The molecule has 0 aliphatic heterocycles. The predicted octanol–water partition coefficient (Wildman–Crippen LogP) is 9.32. The molecule has 4 aromatic carbocycles. The molecule has 3 unspecified atom stereocenters. The zero-order valence-corrected chi connectivity index (χ0v) is 33.4. The maximum atomic E-state index is 16.1. The minimum atomic E-state index is -2.44. The van der Waals surface area contributed by atoms with Crippen LogP contribution in [0.5, 0.6) is 0 Å². The molecule has 1 nitrogen and oxygen atoms in total. The molecule has 4 bridgehead atoms. The van der Waals surface area contributed by atoms with Gasteiger partial charge in [-0.05, 0) is 11.1 Å². The molecular formula is C43H49FGeNZr. The Balaban J connectivity index is 0.000000245. The molecule has 4 heteroatoms. The predicted molar refractivity (Wildman–Crippen MR) is 196 cm³/mol. The van der Waals surface area contributed by atoms with Gasteiger partial charge in [-0.3, -0.25) is 0 Å². The van der Waals surface area contributed by atoms with Crippen molar-refractivity contribution < 1.29 is 23.9 Å². The van der Waals surface area contributed by atoms with Gasteiger partial charge in [0.05, 0.1) is 0 Å². The third-order valence-corrected chi connectivity index (χ3v) is 44.3. The van der Waals surface area contributed by atoms with Crippen LogP contribution in [-0.4, -0.2) is 21.8 Å². The normalized spacial score (nSPS) is 27.7. The first-order chi connectivity index (χ1) is 22.7. The monoisotopic (exact) mass is 762 g/mol. The first kappa shape index (κ1) is 33.2. The van der Waals surface area contributed by atoms with Gasteiger partial charge in [0.1, 0.15) is 0 Å². The Morgan fingerprint density at radius 1 is 0.638 bits per heavy atom. The van der Waals surface area contributed by atoms with Crippen LogP contribution in [0, 0.1) is 17.8 Å². The molecular weight excluding hydrogens is 713 g/mol. The second kappa shape index (κ2) is 13.9.